The second kappa shape index (κ2) is 2.59. The Morgan fingerprint density at radius 3 is 1.60 bits per heavy atom. The van der Waals surface area contributed by atoms with Crippen molar-refractivity contribution in [3.05, 3.63) is 0 Å². The van der Waals surface area contributed by atoms with Crippen LogP contribution in [-0.4, -0.2) is 0 Å². The quantitative estimate of drug-likeness (QED) is 0.552. The van der Waals surface area contributed by atoms with E-state index in [-0.39, 0.29) is 0 Å². The molecule has 0 N–H and O–H groups in total. The SMILES string of the molecule is C[C]1([Zn]([CH3])([CH3])[CH3])CCCC1. The Balaban J connectivity index is 2.67. The standard InChI is InChI=1S/C6H11.3CH3.Zn/c1-6-4-2-3-5-6;;;;/h2-5H2,1H3;3*1H3;. The van der Waals surface area contributed by atoms with Crippen LogP contribution in [0.25, 0.3) is 0 Å². The van der Waals surface area contributed by atoms with Gasteiger partial charge in [-0.1, -0.05) is 0 Å². The number of rotatable bonds is 1. The first kappa shape index (κ1) is 8.72. The average Bonchev–Trinajstić information content (AvgIpc) is 2.13. The van der Waals surface area contributed by atoms with Crippen molar-refractivity contribution < 1.29 is 14.8 Å². The molecule has 0 nitrogen and oxygen atoms in total. The van der Waals surface area contributed by atoms with E-state index in [1.165, 1.54) is 25.7 Å². The molecule has 0 bridgehead atoms. The molecule has 0 spiro atoms. The molecule has 58 valence electrons. The summed E-state index contributed by atoms with van der Waals surface area (Å²) in [6.07, 6.45) is 6.09. The van der Waals surface area contributed by atoms with Crippen LogP contribution in [0.2, 0.25) is 20.6 Å². The summed E-state index contributed by atoms with van der Waals surface area (Å²) in [6.45, 7) is 2.54. The molecule has 1 fully saturated rings. The fourth-order valence-electron chi connectivity index (χ4n) is 2.29. The molecule has 1 heteroatoms. The Hall–Kier alpha value is 0.623. The Kier molecular flexibility index (Phi) is 2.26. The Labute approximate surface area is 68.2 Å². The van der Waals surface area contributed by atoms with E-state index < -0.39 is 14.8 Å². The predicted molar refractivity (Wildman–Crippen MR) is 44.4 cm³/mol. The summed E-state index contributed by atoms with van der Waals surface area (Å²) >= 11 is -1.63. The third kappa shape index (κ3) is 1.44. The summed E-state index contributed by atoms with van der Waals surface area (Å²) in [6, 6.07) is 0. The van der Waals surface area contributed by atoms with Crippen LogP contribution < -0.4 is 0 Å². The molecule has 0 radical (unpaired) electrons. The third-order valence-corrected chi connectivity index (χ3v) is 16.6. The molecule has 0 unspecified atom stereocenters. The normalized spacial score (nSPS) is 23.6. The van der Waals surface area contributed by atoms with E-state index in [0.717, 1.165) is 4.01 Å². The third-order valence-electron chi connectivity index (χ3n) is 4.37. The van der Waals surface area contributed by atoms with Crippen LogP contribution in [0.15, 0.2) is 0 Å². The van der Waals surface area contributed by atoms with Crippen LogP contribution >= 0.6 is 0 Å². The van der Waals surface area contributed by atoms with E-state index in [1.807, 2.05) is 0 Å². The van der Waals surface area contributed by atoms with Crippen LogP contribution in [0.4, 0.5) is 0 Å². The zero-order valence-electron chi connectivity index (χ0n) is 8.04. The number of hydrogen-bond acceptors (Lipinski definition) is 0. The van der Waals surface area contributed by atoms with E-state index in [9.17, 15) is 0 Å². The molecular weight excluding hydrogens is 173 g/mol. The maximum atomic E-state index is 2.59. The van der Waals surface area contributed by atoms with Crippen LogP contribution in [0, 0.1) is 0 Å². The van der Waals surface area contributed by atoms with Crippen LogP contribution in [0.1, 0.15) is 32.6 Å². The molecule has 1 saturated carbocycles. The number of hydrogen-bond donors (Lipinski definition) is 0. The fraction of sp³-hybridized carbons (Fsp3) is 1.00. The van der Waals surface area contributed by atoms with Crippen LogP contribution in [-0.2, 0) is 14.8 Å². The van der Waals surface area contributed by atoms with Crippen molar-refractivity contribution in [3.8, 4) is 0 Å². The summed E-state index contributed by atoms with van der Waals surface area (Å²) in [5.41, 5.74) is 7.78. The van der Waals surface area contributed by atoms with Gasteiger partial charge in [0, 0.05) is 0 Å². The van der Waals surface area contributed by atoms with Gasteiger partial charge in [0.1, 0.15) is 0 Å². The van der Waals surface area contributed by atoms with Gasteiger partial charge in [0.2, 0.25) is 0 Å². The second-order valence-corrected chi connectivity index (χ2v) is 23.1. The van der Waals surface area contributed by atoms with E-state index >= 15 is 0 Å². The Morgan fingerprint density at radius 2 is 1.40 bits per heavy atom. The summed E-state index contributed by atoms with van der Waals surface area (Å²) in [7, 11) is 0. The molecule has 0 aromatic rings. The van der Waals surface area contributed by atoms with Gasteiger partial charge in [-0.3, -0.25) is 0 Å². The Morgan fingerprint density at radius 1 is 1.00 bits per heavy atom. The van der Waals surface area contributed by atoms with Crippen molar-refractivity contribution in [1.82, 2.24) is 0 Å². The van der Waals surface area contributed by atoms with Gasteiger partial charge >= 0.3 is 67.9 Å². The van der Waals surface area contributed by atoms with Crippen molar-refractivity contribution in [2.24, 2.45) is 0 Å². The van der Waals surface area contributed by atoms with E-state index in [0.29, 0.717) is 0 Å². The molecule has 0 aromatic carbocycles. The van der Waals surface area contributed by atoms with Gasteiger partial charge in [-0.05, 0) is 0 Å². The summed E-state index contributed by atoms with van der Waals surface area (Å²) in [4.78, 5) is 0. The topological polar surface area (TPSA) is 0 Å². The average molecular weight is 194 g/mol. The molecule has 0 amide bonds. The van der Waals surface area contributed by atoms with Crippen molar-refractivity contribution in [1.29, 1.82) is 0 Å². The first-order valence-corrected chi connectivity index (χ1v) is 15.6. The zero-order chi connectivity index (χ0) is 7.83. The van der Waals surface area contributed by atoms with Gasteiger partial charge in [-0.2, -0.15) is 0 Å². The monoisotopic (exact) mass is 192 g/mol. The van der Waals surface area contributed by atoms with Gasteiger partial charge in [0.25, 0.3) is 0 Å². The minimum atomic E-state index is -1.63. The molecule has 1 aliphatic rings. The molecule has 0 aromatic heterocycles. The van der Waals surface area contributed by atoms with Gasteiger partial charge in [0.15, 0.2) is 0 Å². The van der Waals surface area contributed by atoms with Crippen molar-refractivity contribution >= 4 is 0 Å². The first-order valence-electron chi connectivity index (χ1n) is 5.18. The van der Waals surface area contributed by atoms with E-state index in [1.54, 1.807) is 0 Å². The Bertz CT molecular complexity index is 115. The molecule has 1 aliphatic carbocycles. The van der Waals surface area contributed by atoms with Gasteiger partial charge in [-0.25, -0.2) is 0 Å². The van der Waals surface area contributed by atoms with Crippen molar-refractivity contribution in [3.63, 3.8) is 0 Å². The molecule has 0 aliphatic heterocycles. The molecule has 10 heavy (non-hydrogen) atoms. The zero-order valence-corrected chi connectivity index (χ0v) is 11.0. The summed E-state index contributed by atoms with van der Waals surface area (Å²) in [5, 5.41) is 0. The minimum absolute atomic E-state index is 0.851. The fourth-order valence-corrected chi connectivity index (χ4v) is 7.79. The molecule has 1 rings (SSSR count). The van der Waals surface area contributed by atoms with Gasteiger partial charge in [0.05, 0.1) is 0 Å². The second-order valence-electron chi connectivity index (χ2n) is 6.20. The van der Waals surface area contributed by atoms with E-state index in [4.69, 9.17) is 0 Å². The first-order chi connectivity index (χ1) is 4.46. The van der Waals surface area contributed by atoms with Crippen molar-refractivity contribution in [2.75, 3.05) is 0 Å². The summed E-state index contributed by atoms with van der Waals surface area (Å²) < 4.78 is 0.851. The molecular formula is C9H20Zn. The van der Waals surface area contributed by atoms with Gasteiger partial charge in [-0.15, -0.1) is 0 Å². The van der Waals surface area contributed by atoms with E-state index in [2.05, 4.69) is 23.5 Å². The molecule has 0 atom stereocenters. The molecule has 0 heterocycles. The van der Waals surface area contributed by atoms with Crippen molar-refractivity contribution in [2.45, 2.75) is 53.2 Å². The van der Waals surface area contributed by atoms with Crippen LogP contribution in [0.3, 0.4) is 0 Å². The van der Waals surface area contributed by atoms with Crippen LogP contribution in [0.5, 0.6) is 0 Å². The van der Waals surface area contributed by atoms with Gasteiger partial charge < -0.3 is 0 Å². The maximum absolute atomic E-state index is 2.59. The summed E-state index contributed by atoms with van der Waals surface area (Å²) in [5.74, 6) is 0. The molecule has 0 saturated heterocycles. The predicted octanol–water partition coefficient (Wildman–Crippen LogP) is 4.04.